The third-order valence-electron chi connectivity index (χ3n) is 1.89. The van der Waals surface area contributed by atoms with Crippen molar-refractivity contribution in [2.24, 2.45) is 5.92 Å². The molecule has 0 radical (unpaired) electrons. The van der Waals surface area contributed by atoms with Crippen molar-refractivity contribution in [3.63, 3.8) is 0 Å². The van der Waals surface area contributed by atoms with E-state index in [1.54, 1.807) is 0 Å². The molecule has 0 heterocycles. The maximum Gasteiger partial charge on any atom is -0.0443 e. The van der Waals surface area contributed by atoms with Gasteiger partial charge in [-0.2, -0.15) is 0 Å². The summed E-state index contributed by atoms with van der Waals surface area (Å²) >= 11 is 0. The van der Waals surface area contributed by atoms with Gasteiger partial charge in [0.2, 0.25) is 0 Å². The lowest BCUT2D eigenvalue weighted by atomic mass is 9.91. The van der Waals surface area contributed by atoms with E-state index in [1.807, 2.05) is 27.7 Å². The van der Waals surface area contributed by atoms with Crippen LogP contribution in [0.15, 0.2) is 0 Å². The first-order valence-electron chi connectivity index (χ1n) is 5.39. The van der Waals surface area contributed by atoms with Crippen LogP contribution >= 0.6 is 0 Å². The van der Waals surface area contributed by atoms with E-state index in [0.29, 0.717) is 0 Å². The zero-order valence-corrected chi connectivity index (χ0v) is 9.61. The van der Waals surface area contributed by atoms with Gasteiger partial charge in [-0.25, -0.2) is 0 Å². The maximum atomic E-state index is 2.36. The lowest BCUT2D eigenvalue weighted by Crippen LogP contribution is -1.99. The van der Waals surface area contributed by atoms with Gasteiger partial charge in [-0.05, 0) is 5.92 Å². The molecule has 0 spiro atoms. The molecular formula is C11H28O. The first kappa shape index (κ1) is 17.9. The summed E-state index contributed by atoms with van der Waals surface area (Å²) in [5.41, 5.74) is 0. The topological polar surface area (TPSA) is 31.5 Å². The Morgan fingerprint density at radius 3 is 1.25 bits per heavy atom. The van der Waals surface area contributed by atoms with Crippen molar-refractivity contribution in [3.8, 4) is 0 Å². The largest absolute Gasteiger partial charge is 0.412 e. The van der Waals surface area contributed by atoms with Crippen LogP contribution in [0.4, 0.5) is 0 Å². The van der Waals surface area contributed by atoms with Crippen LogP contribution in [0.5, 0.6) is 0 Å². The third kappa shape index (κ3) is 12.6. The van der Waals surface area contributed by atoms with Crippen molar-refractivity contribution in [2.75, 3.05) is 0 Å². The molecule has 0 aliphatic heterocycles. The van der Waals surface area contributed by atoms with Crippen LogP contribution in [0.25, 0.3) is 0 Å². The van der Waals surface area contributed by atoms with E-state index in [-0.39, 0.29) is 5.48 Å². The van der Waals surface area contributed by atoms with Crippen LogP contribution in [0.3, 0.4) is 0 Å². The van der Waals surface area contributed by atoms with Gasteiger partial charge in [0.25, 0.3) is 0 Å². The van der Waals surface area contributed by atoms with Gasteiger partial charge >= 0.3 is 0 Å². The molecule has 12 heavy (non-hydrogen) atoms. The Morgan fingerprint density at radius 2 is 1.08 bits per heavy atom. The zero-order valence-electron chi connectivity index (χ0n) is 9.61. The van der Waals surface area contributed by atoms with E-state index >= 15 is 0 Å². The summed E-state index contributed by atoms with van der Waals surface area (Å²) in [6.45, 7) is 10.4. The minimum Gasteiger partial charge on any atom is -0.412 e. The van der Waals surface area contributed by atoms with E-state index < -0.39 is 0 Å². The molecule has 78 valence electrons. The molecule has 1 aliphatic rings. The molecule has 1 rings (SSSR count). The number of hydrogen-bond acceptors (Lipinski definition) is 0. The van der Waals surface area contributed by atoms with Gasteiger partial charge in [0.05, 0.1) is 0 Å². The quantitative estimate of drug-likeness (QED) is 0.537. The summed E-state index contributed by atoms with van der Waals surface area (Å²) in [5, 5.41) is 0. The molecule has 0 aromatic rings. The van der Waals surface area contributed by atoms with Crippen LogP contribution in [0.1, 0.15) is 66.7 Å². The zero-order chi connectivity index (χ0) is 9.11. The highest BCUT2D eigenvalue weighted by Crippen LogP contribution is 2.21. The average molecular weight is 176 g/mol. The monoisotopic (exact) mass is 176 g/mol. The van der Waals surface area contributed by atoms with Gasteiger partial charge in [0, 0.05) is 0 Å². The summed E-state index contributed by atoms with van der Waals surface area (Å²) in [4.78, 5) is 0. The SMILES string of the molecule is CC.CC.CC1CCCCC1.O. The fraction of sp³-hybridized carbons (Fsp3) is 1.00. The molecule has 0 aromatic carbocycles. The molecule has 1 nitrogen and oxygen atoms in total. The molecule has 0 atom stereocenters. The summed E-state index contributed by atoms with van der Waals surface area (Å²) in [6.07, 6.45) is 7.44. The smallest absolute Gasteiger partial charge is 0.0443 e. The van der Waals surface area contributed by atoms with Gasteiger partial charge in [0.1, 0.15) is 0 Å². The van der Waals surface area contributed by atoms with Crippen molar-refractivity contribution in [3.05, 3.63) is 0 Å². The number of rotatable bonds is 0. The van der Waals surface area contributed by atoms with E-state index in [2.05, 4.69) is 6.92 Å². The van der Waals surface area contributed by atoms with Crippen LogP contribution in [0, 0.1) is 5.92 Å². The molecule has 0 unspecified atom stereocenters. The molecule has 2 N–H and O–H groups in total. The standard InChI is InChI=1S/C7H14.2C2H6.H2O/c1-7-5-3-2-4-6-7;2*1-2;/h7H,2-6H2,1H3;2*1-2H3;1H2. The summed E-state index contributed by atoms with van der Waals surface area (Å²) < 4.78 is 0. The summed E-state index contributed by atoms with van der Waals surface area (Å²) in [6, 6.07) is 0. The van der Waals surface area contributed by atoms with Gasteiger partial charge in [-0.1, -0.05) is 66.7 Å². The van der Waals surface area contributed by atoms with Crippen molar-refractivity contribution in [2.45, 2.75) is 66.7 Å². The Labute approximate surface area is 78.9 Å². The Balaban J connectivity index is -0.000000144. The Morgan fingerprint density at radius 1 is 0.750 bits per heavy atom. The minimum absolute atomic E-state index is 0. The fourth-order valence-corrected chi connectivity index (χ4v) is 1.31. The van der Waals surface area contributed by atoms with Crippen molar-refractivity contribution >= 4 is 0 Å². The normalized spacial score (nSPS) is 15.8. The fourth-order valence-electron chi connectivity index (χ4n) is 1.31. The molecular weight excluding hydrogens is 148 g/mol. The van der Waals surface area contributed by atoms with Crippen LogP contribution in [-0.2, 0) is 0 Å². The Bertz CT molecular complexity index is 47.0. The Hall–Kier alpha value is -0.0400. The lowest BCUT2D eigenvalue weighted by Gasteiger charge is -2.15. The first-order valence-corrected chi connectivity index (χ1v) is 5.39. The highest BCUT2D eigenvalue weighted by Gasteiger charge is 2.05. The minimum atomic E-state index is 0. The maximum absolute atomic E-state index is 2.36. The first-order chi connectivity index (χ1) is 5.39. The van der Waals surface area contributed by atoms with E-state index in [9.17, 15) is 0 Å². The summed E-state index contributed by atoms with van der Waals surface area (Å²) in [5.74, 6) is 1.04. The molecule has 0 aromatic heterocycles. The van der Waals surface area contributed by atoms with E-state index in [1.165, 1.54) is 32.1 Å². The van der Waals surface area contributed by atoms with E-state index in [0.717, 1.165) is 5.92 Å². The van der Waals surface area contributed by atoms with Gasteiger partial charge in [-0.3, -0.25) is 0 Å². The molecule has 1 saturated carbocycles. The van der Waals surface area contributed by atoms with Crippen molar-refractivity contribution < 1.29 is 5.48 Å². The lowest BCUT2D eigenvalue weighted by molar-refractivity contribution is 0.385. The van der Waals surface area contributed by atoms with E-state index in [4.69, 9.17) is 0 Å². The third-order valence-corrected chi connectivity index (χ3v) is 1.89. The van der Waals surface area contributed by atoms with Crippen molar-refractivity contribution in [1.82, 2.24) is 0 Å². The highest BCUT2D eigenvalue weighted by molar-refractivity contribution is 4.59. The van der Waals surface area contributed by atoms with Gasteiger partial charge < -0.3 is 5.48 Å². The average Bonchev–Trinajstić information content (AvgIpc) is 2.13. The predicted octanol–water partition coefficient (Wildman–Crippen LogP) is 3.81. The second kappa shape index (κ2) is 17.2. The van der Waals surface area contributed by atoms with Crippen molar-refractivity contribution in [1.29, 1.82) is 0 Å². The van der Waals surface area contributed by atoms with Gasteiger partial charge in [0.15, 0.2) is 0 Å². The van der Waals surface area contributed by atoms with Crippen LogP contribution in [0.2, 0.25) is 0 Å². The highest BCUT2D eigenvalue weighted by atomic mass is 16.0. The van der Waals surface area contributed by atoms with Crippen LogP contribution in [-0.4, -0.2) is 5.48 Å². The molecule has 1 aliphatic carbocycles. The summed E-state index contributed by atoms with van der Waals surface area (Å²) in [7, 11) is 0. The second-order valence-electron chi connectivity index (χ2n) is 2.74. The second-order valence-corrected chi connectivity index (χ2v) is 2.74. The Kier molecular flexibility index (Phi) is 25.6. The molecule has 0 bridgehead atoms. The van der Waals surface area contributed by atoms with Gasteiger partial charge in [-0.15, -0.1) is 0 Å². The molecule has 1 fully saturated rings. The predicted molar refractivity (Wildman–Crippen MR) is 58.6 cm³/mol. The molecule has 1 heteroatoms. The van der Waals surface area contributed by atoms with Crippen LogP contribution < -0.4 is 0 Å². The molecule has 0 saturated heterocycles. The molecule has 0 amide bonds. The number of hydrogen-bond donors (Lipinski definition) is 0.